The van der Waals surface area contributed by atoms with Gasteiger partial charge in [0, 0.05) is 18.0 Å². The molecule has 0 fully saturated rings. The Hall–Kier alpha value is -1.23. The molecule has 0 heterocycles. The van der Waals surface area contributed by atoms with Gasteiger partial charge in [-0.05, 0) is 29.3 Å². The van der Waals surface area contributed by atoms with Gasteiger partial charge >= 0.3 is 0 Å². The van der Waals surface area contributed by atoms with Gasteiger partial charge in [0.1, 0.15) is 11.4 Å². The lowest BCUT2D eigenvalue weighted by Crippen LogP contribution is -2.33. The number of hydrogen-bond donors (Lipinski definition) is 1. The molecule has 2 aromatic rings. The summed E-state index contributed by atoms with van der Waals surface area (Å²) in [5, 5.41) is 10.9. The lowest BCUT2D eigenvalue weighted by molar-refractivity contribution is -0.0355. The molecule has 0 spiro atoms. The van der Waals surface area contributed by atoms with Crippen LogP contribution in [0.2, 0.25) is 0 Å². The van der Waals surface area contributed by atoms with Gasteiger partial charge in [0.2, 0.25) is 0 Å². The second-order valence-corrected chi connectivity index (χ2v) is 5.70. The van der Waals surface area contributed by atoms with E-state index in [2.05, 4.69) is 15.9 Å². The van der Waals surface area contributed by atoms with Crippen molar-refractivity contribution in [3.63, 3.8) is 0 Å². The quantitative estimate of drug-likeness (QED) is 0.901. The number of methoxy groups -OCH3 is 1. The van der Waals surface area contributed by atoms with Crippen molar-refractivity contribution in [1.29, 1.82) is 0 Å². The first-order chi connectivity index (χ1) is 9.53. The highest BCUT2D eigenvalue weighted by molar-refractivity contribution is 9.10. The smallest absolute Gasteiger partial charge is 0.124 e. The van der Waals surface area contributed by atoms with E-state index < -0.39 is 5.60 Å². The molecule has 106 valence electrons. The van der Waals surface area contributed by atoms with E-state index in [0.717, 1.165) is 5.56 Å². The molecule has 0 aliphatic carbocycles. The lowest BCUT2D eigenvalue weighted by atomic mass is 9.88. The molecule has 0 aliphatic heterocycles. The van der Waals surface area contributed by atoms with E-state index in [1.54, 1.807) is 6.07 Å². The van der Waals surface area contributed by atoms with Crippen molar-refractivity contribution in [3.8, 4) is 0 Å². The monoisotopic (exact) mass is 338 g/mol. The minimum atomic E-state index is -1.18. The third-order valence-electron chi connectivity index (χ3n) is 3.11. The number of ether oxygens (including phenoxy) is 1. The van der Waals surface area contributed by atoms with Crippen LogP contribution in [0.25, 0.3) is 0 Å². The molecule has 0 aromatic heterocycles. The molecule has 4 heteroatoms. The van der Waals surface area contributed by atoms with Gasteiger partial charge in [-0.3, -0.25) is 0 Å². The van der Waals surface area contributed by atoms with Crippen molar-refractivity contribution in [3.05, 3.63) is 69.9 Å². The molecule has 0 saturated carbocycles. The molecule has 1 atom stereocenters. The number of rotatable bonds is 5. The van der Waals surface area contributed by atoms with Crippen molar-refractivity contribution in [1.82, 2.24) is 0 Å². The van der Waals surface area contributed by atoms with Crippen LogP contribution in [0.1, 0.15) is 11.1 Å². The Morgan fingerprint density at radius 2 is 1.90 bits per heavy atom. The number of hydrogen-bond acceptors (Lipinski definition) is 2. The average molecular weight is 339 g/mol. The van der Waals surface area contributed by atoms with E-state index in [9.17, 15) is 9.50 Å². The Kier molecular flexibility index (Phi) is 4.91. The maximum Gasteiger partial charge on any atom is 0.124 e. The summed E-state index contributed by atoms with van der Waals surface area (Å²) in [6, 6.07) is 13.9. The summed E-state index contributed by atoms with van der Waals surface area (Å²) in [4.78, 5) is 0. The highest BCUT2D eigenvalue weighted by Crippen LogP contribution is 2.27. The van der Waals surface area contributed by atoms with Gasteiger partial charge in [-0.2, -0.15) is 0 Å². The highest BCUT2D eigenvalue weighted by Gasteiger charge is 2.29. The summed E-state index contributed by atoms with van der Waals surface area (Å²) in [5.74, 6) is -0.331. The van der Waals surface area contributed by atoms with Crippen molar-refractivity contribution in [2.45, 2.75) is 12.0 Å². The summed E-state index contributed by atoms with van der Waals surface area (Å²) in [6.07, 6.45) is 0.279. The summed E-state index contributed by atoms with van der Waals surface area (Å²) in [5.41, 5.74) is 0.283. The normalized spacial score (nSPS) is 14.0. The maximum atomic E-state index is 13.4. The molecule has 20 heavy (non-hydrogen) atoms. The second-order valence-electron chi connectivity index (χ2n) is 4.79. The largest absolute Gasteiger partial charge is 0.382 e. The van der Waals surface area contributed by atoms with Crippen LogP contribution < -0.4 is 0 Å². The molecule has 1 N–H and O–H groups in total. The fourth-order valence-electron chi connectivity index (χ4n) is 2.27. The molecule has 0 amide bonds. The van der Waals surface area contributed by atoms with Crippen LogP contribution in [0.5, 0.6) is 0 Å². The van der Waals surface area contributed by atoms with Gasteiger partial charge in [-0.15, -0.1) is 0 Å². The standard InChI is InChI=1S/C16H16BrFO2/c1-20-11-16(19,13-5-3-2-4-6-13)10-12-7-14(17)9-15(18)8-12/h2-9,19H,10-11H2,1H3. The predicted octanol–water partition coefficient (Wildman–Crippen LogP) is 3.66. The van der Waals surface area contributed by atoms with Crippen LogP contribution in [0.3, 0.4) is 0 Å². The Morgan fingerprint density at radius 3 is 2.50 bits per heavy atom. The van der Waals surface area contributed by atoms with Crippen molar-refractivity contribution in [2.24, 2.45) is 0 Å². The summed E-state index contributed by atoms with van der Waals surface area (Å²) in [7, 11) is 1.54. The van der Waals surface area contributed by atoms with E-state index in [-0.39, 0.29) is 18.8 Å². The molecule has 2 rings (SSSR count). The molecule has 0 saturated heterocycles. The van der Waals surface area contributed by atoms with E-state index in [0.29, 0.717) is 10.0 Å². The molecule has 1 unspecified atom stereocenters. The van der Waals surface area contributed by atoms with Crippen LogP contribution in [0, 0.1) is 5.82 Å². The van der Waals surface area contributed by atoms with Crippen LogP contribution >= 0.6 is 15.9 Å². The van der Waals surface area contributed by atoms with E-state index in [1.807, 2.05) is 30.3 Å². The van der Waals surface area contributed by atoms with Crippen molar-refractivity contribution in [2.75, 3.05) is 13.7 Å². The molecule has 2 aromatic carbocycles. The number of halogens is 2. The number of benzene rings is 2. The van der Waals surface area contributed by atoms with E-state index >= 15 is 0 Å². The molecular formula is C16H16BrFO2. The zero-order valence-corrected chi connectivity index (χ0v) is 12.7. The molecule has 0 bridgehead atoms. The van der Waals surface area contributed by atoms with Gasteiger partial charge < -0.3 is 9.84 Å². The average Bonchev–Trinajstić information content (AvgIpc) is 2.38. The van der Waals surface area contributed by atoms with Gasteiger partial charge in [0.25, 0.3) is 0 Å². The third-order valence-corrected chi connectivity index (χ3v) is 3.57. The first-order valence-electron chi connectivity index (χ1n) is 6.25. The van der Waals surface area contributed by atoms with E-state index in [1.165, 1.54) is 19.2 Å². The zero-order valence-electron chi connectivity index (χ0n) is 11.1. The SMILES string of the molecule is COCC(O)(Cc1cc(F)cc(Br)c1)c1ccccc1. The topological polar surface area (TPSA) is 29.5 Å². The Bertz CT molecular complexity index is 554. The predicted molar refractivity (Wildman–Crippen MR) is 80.0 cm³/mol. The van der Waals surface area contributed by atoms with Crippen LogP contribution in [-0.2, 0) is 16.8 Å². The fourth-order valence-corrected chi connectivity index (χ4v) is 2.79. The van der Waals surface area contributed by atoms with Gasteiger partial charge in [-0.1, -0.05) is 46.3 Å². The van der Waals surface area contributed by atoms with Crippen molar-refractivity contribution >= 4 is 15.9 Å². The van der Waals surface area contributed by atoms with Gasteiger partial charge in [0.15, 0.2) is 0 Å². The Balaban J connectivity index is 2.34. The summed E-state index contributed by atoms with van der Waals surface area (Å²) < 4.78 is 19.2. The van der Waals surface area contributed by atoms with Gasteiger partial charge in [-0.25, -0.2) is 4.39 Å². The summed E-state index contributed by atoms with van der Waals surface area (Å²) >= 11 is 3.26. The molecular weight excluding hydrogens is 323 g/mol. The fraction of sp³-hybridized carbons (Fsp3) is 0.250. The minimum absolute atomic E-state index is 0.144. The van der Waals surface area contributed by atoms with Crippen LogP contribution in [0.4, 0.5) is 4.39 Å². The highest BCUT2D eigenvalue weighted by atomic mass is 79.9. The maximum absolute atomic E-state index is 13.4. The first kappa shape index (κ1) is 15.2. The van der Waals surface area contributed by atoms with Gasteiger partial charge in [0.05, 0.1) is 6.61 Å². The van der Waals surface area contributed by atoms with Crippen LogP contribution in [-0.4, -0.2) is 18.8 Å². The minimum Gasteiger partial charge on any atom is -0.382 e. The first-order valence-corrected chi connectivity index (χ1v) is 7.04. The second kappa shape index (κ2) is 6.48. The third kappa shape index (κ3) is 3.66. The van der Waals surface area contributed by atoms with Crippen LogP contribution in [0.15, 0.2) is 53.0 Å². The molecule has 2 nitrogen and oxygen atoms in total. The Morgan fingerprint density at radius 1 is 1.20 bits per heavy atom. The molecule has 0 aliphatic rings. The number of aliphatic hydroxyl groups is 1. The summed E-state index contributed by atoms with van der Waals surface area (Å²) in [6.45, 7) is 0.144. The molecule has 0 radical (unpaired) electrons. The Labute approximate surface area is 126 Å². The van der Waals surface area contributed by atoms with Crippen molar-refractivity contribution < 1.29 is 14.2 Å². The van der Waals surface area contributed by atoms with E-state index in [4.69, 9.17) is 4.74 Å². The lowest BCUT2D eigenvalue weighted by Gasteiger charge is -2.28. The zero-order chi connectivity index (χ0) is 14.6.